The van der Waals surface area contributed by atoms with Crippen molar-refractivity contribution in [2.75, 3.05) is 12.3 Å². The van der Waals surface area contributed by atoms with E-state index in [1.165, 1.54) is 16.3 Å². The molecule has 0 aromatic carbocycles. The number of carbonyl (C=O) groups is 1. The fraction of sp³-hybridized carbons (Fsp3) is 0.667. The summed E-state index contributed by atoms with van der Waals surface area (Å²) in [5.74, 6) is 0.0551. The second kappa shape index (κ2) is 6.45. The molecule has 0 aliphatic carbocycles. The Morgan fingerprint density at radius 1 is 1.71 bits per heavy atom. The van der Waals surface area contributed by atoms with Crippen molar-refractivity contribution in [3.63, 3.8) is 0 Å². The van der Waals surface area contributed by atoms with Gasteiger partial charge >= 0.3 is 5.69 Å². The Bertz CT molecular complexity index is 427. The van der Waals surface area contributed by atoms with Crippen LogP contribution < -0.4 is 16.7 Å². The number of carbonyl (C=O) groups excluding carboxylic acids is 1. The van der Waals surface area contributed by atoms with Gasteiger partial charge in [0, 0.05) is 12.8 Å². The van der Waals surface area contributed by atoms with Gasteiger partial charge in [-0.3, -0.25) is 9.36 Å². The van der Waals surface area contributed by atoms with Crippen LogP contribution in [0.25, 0.3) is 0 Å². The largest absolute Gasteiger partial charge is 0.368 e. The molecule has 0 bridgehead atoms. The summed E-state index contributed by atoms with van der Waals surface area (Å²) in [6.45, 7) is 2.74. The number of nitrogens with one attached hydrogen (secondary N) is 2. The van der Waals surface area contributed by atoms with Crippen molar-refractivity contribution in [2.24, 2.45) is 12.8 Å². The number of primary amides is 1. The van der Waals surface area contributed by atoms with E-state index in [0.29, 0.717) is 10.9 Å². The van der Waals surface area contributed by atoms with Crippen molar-refractivity contribution in [1.29, 1.82) is 0 Å². The van der Waals surface area contributed by atoms with Gasteiger partial charge in [-0.25, -0.2) is 9.89 Å². The van der Waals surface area contributed by atoms with Crippen LogP contribution in [0.4, 0.5) is 0 Å². The van der Waals surface area contributed by atoms with Crippen LogP contribution in [-0.2, 0) is 11.8 Å². The Morgan fingerprint density at radius 2 is 2.41 bits per heavy atom. The molecule has 1 rings (SSSR count). The number of hydrogen-bond donors (Lipinski definition) is 3. The summed E-state index contributed by atoms with van der Waals surface area (Å²) in [5, 5.41) is 9.75. The zero-order valence-corrected chi connectivity index (χ0v) is 10.7. The third kappa shape index (κ3) is 3.90. The first-order valence-electron chi connectivity index (χ1n) is 5.33. The molecule has 0 aliphatic heterocycles. The molecule has 1 aromatic rings. The minimum atomic E-state index is -0.410. The molecule has 0 fully saturated rings. The van der Waals surface area contributed by atoms with Crippen molar-refractivity contribution in [2.45, 2.75) is 24.5 Å². The fourth-order valence-corrected chi connectivity index (χ4v) is 2.16. The number of aromatic amines is 1. The number of aromatic nitrogens is 3. The van der Waals surface area contributed by atoms with Gasteiger partial charge in [-0.1, -0.05) is 18.7 Å². The maximum absolute atomic E-state index is 11.2. The first kappa shape index (κ1) is 13.8. The predicted octanol–water partition coefficient (Wildman–Crippen LogP) is -0.946. The van der Waals surface area contributed by atoms with Gasteiger partial charge in [-0.15, -0.1) is 5.10 Å². The zero-order chi connectivity index (χ0) is 12.8. The van der Waals surface area contributed by atoms with Crippen LogP contribution in [0, 0.1) is 0 Å². The van der Waals surface area contributed by atoms with Gasteiger partial charge in [-0.2, -0.15) is 0 Å². The lowest BCUT2D eigenvalue weighted by molar-refractivity contribution is -0.119. The molecule has 7 nitrogen and oxygen atoms in total. The predicted molar refractivity (Wildman–Crippen MR) is 65.8 cm³/mol. The van der Waals surface area contributed by atoms with Crippen LogP contribution in [0.15, 0.2) is 9.95 Å². The van der Waals surface area contributed by atoms with E-state index in [1.54, 1.807) is 7.05 Å². The summed E-state index contributed by atoms with van der Waals surface area (Å²) >= 11 is 1.31. The van der Waals surface area contributed by atoms with Gasteiger partial charge in [0.05, 0.1) is 6.04 Å². The highest BCUT2D eigenvalue weighted by atomic mass is 32.2. The molecular formula is C9H17N5O2S. The number of rotatable bonds is 7. The quantitative estimate of drug-likeness (QED) is 0.548. The molecule has 1 heterocycles. The van der Waals surface area contributed by atoms with Crippen LogP contribution in [0.1, 0.15) is 13.3 Å². The van der Waals surface area contributed by atoms with Gasteiger partial charge in [-0.05, 0) is 13.0 Å². The molecule has 1 aromatic heterocycles. The standard InChI is InChI=1S/C9H17N5O2S/c1-3-4-11-6(7(10)15)5-17-9-13-12-8(16)14(9)2/h6,11H,3-5H2,1-2H3,(H2,10,15)(H,12,16). The Morgan fingerprint density at radius 3 is 2.88 bits per heavy atom. The Balaban J connectivity index is 2.54. The number of nitrogens with two attached hydrogens (primary N) is 1. The molecule has 1 unspecified atom stereocenters. The van der Waals surface area contributed by atoms with E-state index >= 15 is 0 Å². The zero-order valence-electron chi connectivity index (χ0n) is 9.90. The van der Waals surface area contributed by atoms with Crippen LogP contribution in [-0.4, -0.2) is 39.0 Å². The summed E-state index contributed by atoms with van der Waals surface area (Å²) < 4.78 is 1.39. The third-order valence-corrected chi connectivity index (χ3v) is 3.33. The van der Waals surface area contributed by atoms with Crippen LogP contribution in [0.5, 0.6) is 0 Å². The highest BCUT2D eigenvalue weighted by Gasteiger charge is 2.16. The first-order valence-corrected chi connectivity index (χ1v) is 6.31. The Labute approximate surface area is 103 Å². The molecular weight excluding hydrogens is 242 g/mol. The molecule has 0 spiro atoms. The smallest absolute Gasteiger partial charge is 0.343 e. The van der Waals surface area contributed by atoms with Gasteiger partial charge < -0.3 is 11.1 Å². The SMILES string of the molecule is CCCNC(CSc1n[nH]c(=O)n1C)C(N)=O. The van der Waals surface area contributed by atoms with Gasteiger partial charge in [0.25, 0.3) is 0 Å². The first-order chi connectivity index (χ1) is 8.06. The lowest BCUT2D eigenvalue weighted by Crippen LogP contribution is -2.43. The highest BCUT2D eigenvalue weighted by molar-refractivity contribution is 7.99. The van der Waals surface area contributed by atoms with Gasteiger partial charge in [0.1, 0.15) is 0 Å². The maximum Gasteiger partial charge on any atom is 0.343 e. The average Bonchev–Trinajstić information content (AvgIpc) is 2.60. The van der Waals surface area contributed by atoms with E-state index < -0.39 is 11.9 Å². The Hall–Kier alpha value is -1.28. The summed E-state index contributed by atoms with van der Waals surface area (Å²) in [5.41, 5.74) is 5.00. The lowest BCUT2D eigenvalue weighted by Gasteiger charge is -2.13. The molecule has 1 amide bonds. The molecule has 4 N–H and O–H groups in total. The van der Waals surface area contributed by atoms with E-state index in [9.17, 15) is 9.59 Å². The van der Waals surface area contributed by atoms with Crippen molar-refractivity contribution >= 4 is 17.7 Å². The van der Waals surface area contributed by atoms with Crippen LogP contribution >= 0.6 is 11.8 Å². The summed E-state index contributed by atoms with van der Waals surface area (Å²) in [6.07, 6.45) is 0.926. The number of amides is 1. The summed E-state index contributed by atoms with van der Waals surface area (Å²) in [7, 11) is 1.62. The van der Waals surface area contributed by atoms with E-state index in [2.05, 4.69) is 15.5 Å². The van der Waals surface area contributed by atoms with E-state index in [-0.39, 0.29) is 5.69 Å². The Kier molecular flexibility index (Phi) is 5.23. The summed E-state index contributed by atoms with van der Waals surface area (Å²) in [6, 6.07) is -0.410. The van der Waals surface area contributed by atoms with Crippen LogP contribution in [0.3, 0.4) is 0 Å². The second-order valence-corrected chi connectivity index (χ2v) is 4.58. The third-order valence-electron chi connectivity index (χ3n) is 2.20. The van der Waals surface area contributed by atoms with E-state index in [1.807, 2.05) is 6.92 Å². The lowest BCUT2D eigenvalue weighted by atomic mass is 10.3. The molecule has 0 radical (unpaired) electrons. The van der Waals surface area contributed by atoms with Gasteiger partial charge in [0.2, 0.25) is 5.91 Å². The van der Waals surface area contributed by atoms with Crippen molar-refractivity contribution in [1.82, 2.24) is 20.1 Å². The number of hydrogen-bond acceptors (Lipinski definition) is 5. The molecule has 0 saturated carbocycles. The average molecular weight is 259 g/mol. The maximum atomic E-state index is 11.2. The number of nitrogens with zero attached hydrogens (tertiary/aromatic N) is 2. The monoisotopic (exact) mass is 259 g/mol. The number of H-pyrrole nitrogens is 1. The van der Waals surface area contributed by atoms with Gasteiger partial charge in [0.15, 0.2) is 5.16 Å². The normalized spacial score (nSPS) is 12.6. The van der Waals surface area contributed by atoms with Crippen molar-refractivity contribution < 1.29 is 4.79 Å². The van der Waals surface area contributed by atoms with E-state index in [4.69, 9.17) is 5.73 Å². The minimum Gasteiger partial charge on any atom is -0.368 e. The molecule has 0 aliphatic rings. The molecule has 8 heteroatoms. The van der Waals surface area contributed by atoms with Crippen LogP contribution in [0.2, 0.25) is 0 Å². The second-order valence-electron chi connectivity index (χ2n) is 3.59. The molecule has 17 heavy (non-hydrogen) atoms. The topological polar surface area (TPSA) is 106 Å². The fourth-order valence-electron chi connectivity index (χ4n) is 1.18. The highest BCUT2D eigenvalue weighted by Crippen LogP contribution is 2.13. The molecule has 0 saturated heterocycles. The van der Waals surface area contributed by atoms with Crippen molar-refractivity contribution in [3.8, 4) is 0 Å². The number of thioether (sulfide) groups is 1. The van der Waals surface area contributed by atoms with Crippen molar-refractivity contribution in [3.05, 3.63) is 10.5 Å². The molecule has 96 valence electrons. The van der Waals surface area contributed by atoms with E-state index in [0.717, 1.165) is 13.0 Å². The molecule has 1 atom stereocenters. The summed E-state index contributed by atoms with van der Waals surface area (Å²) in [4.78, 5) is 22.3. The minimum absolute atomic E-state index is 0.273.